The Morgan fingerprint density at radius 3 is 2.41 bits per heavy atom. The third kappa shape index (κ3) is 5.28. The Labute approximate surface area is 130 Å². The maximum Gasteiger partial charge on any atom is 0.394 e. The van der Waals surface area contributed by atoms with Crippen molar-refractivity contribution in [3.05, 3.63) is 29.8 Å². The van der Waals surface area contributed by atoms with Crippen LogP contribution in [-0.4, -0.2) is 30.0 Å². The summed E-state index contributed by atoms with van der Waals surface area (Å²) >= 11 is 0. The molecule has 0 N–H and O–H groups in total. The van der Waals surface area contributed by atoms with Crippen molar-refractivity contribution in [2.24, 2.45) is 5.92 Å². The number of carbonyl (C=O) groups excluding carboxylic acids is 1. The first kappa shape index (κ1) is 16.7. The highest BCUT2D eigenvalue weighted by Gasteiger charge is 2.23. The molecule has 0 aromatic heterocycles. The van der Waals surface area contributed by atoms with Gasteiger partial charge in [-0.3, -0.25) is 4.79 Å². The molecule has 0 bridgehead atoms. The maximum absolute atomic E-state index is 12.7. The summed E-state index contributed by atoms with van der Waals surface area (Å²) in [7, 11) is 0. The summed E-state index contributed by atoms with van der Waals surface area (Å²) in [5.41, 5.74) is 0.950. The topological polar surface area (TPSA) is 29.5 Å². The molecular formula is C17H23F2NO2. The van der Waals surface area contributed by atoms with Gasteiger partial charge >= 0.3 is 6.11 Å². The summed E-state index contributed by atoms with van der Waals surface area (Å²) in [6.07, 6.45) is 0.0428. The summed E-state index contributed by atoms with van der Waals surface area (Å²) < 4.78 is 29.9. The van der Waals surface area contributed by atoms with Gasteiger partial charge in [-0.05, 0) is 42.9 Å². The molecule has 1 saturated heterocycles. The van der Waals surface area contributed by atoms with Crippen LogP contribution in [0.1, 0.15) is 38.7 Å². The number of nitrogens with zero attached hydrogens (tertiary/aromatic N) is 1. The number of benzene rings is 1. The monoisotopic (exact) mass is 311 g/mol. The molecule has 0 saturated carbocycles. The van der Waals surface area contributed by atoms with Crippen LogP contribution in [0.15, 0.2) is 24.3 Å². The highest BCUT2D eigenvalue weighted by molar-refractivity contribution is 5.76. The zero-order valence-electron chi connectivity index (χ0n) is 13.1. The molecule has 2 rings (SSSR count). The second-order valence-corrected chi connectivity index (χ2v) is 6.12. The molecule has 0 atom stereocenters. The number of hydrogen-bond donors (Lipinski definition) is 0. The van der Waals surface area contributed by atoms with E-state index in [0.29, 0.717) is 25.7 Å². The molecule has 122 valence electrons. The van der Waals surface area contributed by atoms with Gasteiger partial charge in [0.25, 0.3) is 0 Å². The van der Waals surface area contributed by atoms with Crippen LogP contribution in [0, 0.1) is 5.92 Å². The minimum absolute atomic E-state index is 0.132. The molecule has 1 aromatic carbocycles. The van der Waals surface area contributed by atoms with Crippen molar-refractivity contribution in [3.63, 3.8) is 0 Å². The number of amides is 1. The Kier molecular flexibility index (Phi) is 5.37. The molecule has 1 aliphatic rings. The first-order chi connectivity index (χ1) is 10.3. The molecule has 5 heteroatoms. The van der Waals surface area contributed by atoms with Gasteiger partial charge in [0.1, 0.15) is 5.75 Å². The molecule has 1 aliphatic heterocycles. The van der Waals surface area contributed by atoms with Gasteiger partial charge in [-0.2, -0.15) is 8.78 Å². The van der Waals surface area contributed by atoms with Crippen LogP contribution in [0.4, 0.5) is 8.78 Å². The Hall–Kier alpha value is -1.65. The number of halogens is 2. The van der Waals surface area contributed by atoms with Crippen LogP contribution in [0.25, 0.3) is 0 Å². The molecule has 1 heterocycles. The van der Waals surface area contributed by atoms with Crippen molar-refractivity contribution in [2.45, 2.75) is 45.6 Å². The Morgan fingerprint density at radius 2 is 1.86 bits per heavy atom. The third-order valence-electron chi connectivity index (χ3n) is 3.98. The van der Waals surface area contributed by atoms with Crippen LogP contribution in [0.2, 0.25) is 0 Å². The predicted octanol–water partition coefficient (Wildman–Crippen LogP) is 3.87. The average Bonchev–Trinajstić information content (AvgIpc) is 2.45. The van der Waals surface area contributed by atoms with Crippen LogP contribution in [0.5, 0.6) is 5.75 Å². The summed E-state index contributed by atoms with van der Waals surface area (Å²) in [6.45, 7) is 4.61. The maximum atomic E-state index is 12.7. The van der Waals surface area contributed by atoms with Gasteiger partial charge in [0.05, 0.1) is 0 Å². The lowest BCUT2D eigenvalue weighted by atomic mass is 9.98. The SMILES string of the molecule is CC1CCN(C(=O)CCc2ccc(OC(C)(F)F)cc2)CC1. The normalized spacial score (nSPS) is 16.6. The van der Waals surface area contributed by atoms with Gasteiger partial charge in [-0.25, -0.2) is 0 Å². The molecule has 22 heavy (non-hydrogen) atoms. The van der Waals surface area contributed by atoms with Gasteiger partial charge < -0.3 is 9.64 Å². The van der Waals surface area contributed by atoms with E-state index in [1.165, 1.54) is 12.1 Å². The van der Waals surface area contributed by atoms with Gasteiger partial charge in [-0.1, -0.05) is 19.1 Å². The van der Waals surface area contributed by atoms with Crippen LogP contribution < -0.4 is 4.74 Å². The Balaban J connectivity index is 1.80. The van der Waals surface area contributed by atoms with E-state index in [9.17, 15) is 13.6 Å². The Bertz CT molecular complexity index is 488. The van der Waals surface area contributed by atoms with Gasteiger partial charge in [0, 0.05) is 26.4 Å². The van der Waals surface area contributed by atoms with E-state index in [2.05, 4.69) is 11.7 Å². The van der Waals surface area contributed by atoms with E-state index in [4.69, 9.17) is 0 Å². The number of piperidine rings is 1. The number of hydrogen-bond acceptors (Lipinski definition) is 2. The third-order valence-corrected chi connectivity index (χ3v) is 3.98. The molecule has 1 aromatic rings. The quantitative estimate of drug-likeness (QED) is 0.826. The Morgan fingerprint density at radius 1 is 1.27 bits per heavy atom. The first-order valence-electron chi connectivity index (χ1n) is 7.77. The standard InChI is InChI=1S/C17H23F2NO2/c1-13-9-11-20(12-10-13)16(21)8-5-14-3-6-15(7-4-14)22-17(2,18)19/h3-4,6-7,13H,5,8-12H2,1-2H3. The van der Waals surface area contributed by atoms with E-state index >= 15 is 0 Å². The predicted molar refractivity (Wildman–Crippen MR) is 81.0 cm³/mol. The van der Waals surface area contributed by atoms with E-state index in [1.54, 1.807) is 12.1 Å². The zero-order valence-corrected chi connectivity index (χ0v) is 13.1. The van der Waals surface area contributed by atoms with Crippen molar-refractivity contribution in [2.75, 3.05) is 13.1 Å². The molecule has 0 unspecified atom stereocenters. The average molecular weight is 311 g/mol. The van der Waals surface area contributed by atoms with E-state index in [1.807, 2.05) is 4.90 Å². The van der Waals surface area contributed by atoms with Gasteiger partial charge in [0.2, 0.25) is 5.91 Å². The smallest absolute Gasteiger partial charge is 0.394 e. The lowest BCUT2D eigenvalue weighted by Crippen LogP contribution is -2.37. The highest BCUT2D eigenvalue weighted by Crippen LogP contribution is 2.22. The summed E-state index contributed by atoms with van der Waals surface area (Å²) in [5.74, 6) is 1.01. The fraction of sp³-hybridized carbons (Fsp3) is 0.588. The van der Waals surface area contributed by atoms with Gasteiger partial charge in [-0.15, -0.1) is 0 Å². The highest BCUT2D eigenvalue weighted by atomic mass is 19.3. The largest absolute Gasteiger partial charge is 0.433 e. The van der Waals surface area contributed by atoms with Crippen LogP contribution >= 0.6 is 0 Å². The van der Waals surface area contributed by atoms with Crippen molar-refractivity contribution in [3.8, 4) is 5.75 Å². The number of alkyl halides is 2. The van der Waals surface area contributed by atoms with Crippen molar-refractivity contribution in [1.29, 1.82) is 0 Å². The number of ether oxygens (including phenoxy) is 1. The number of likely N-dealkylation sites (tertiary alicyclic amines) is 1. The second kappa shape index (κ2) is 7.07. The van der Waals surface area contributed by atoms with E-state index in [-0.39, 0.29) is 11.7 Å². The molecule has 1 amide bonds. The minimum Gasteiger partial charge on any atom is -0.433 e. The number of aryl methyl sites for hydroxylation is 1. The number of rotatable bonds is 5. The first-order valence-corrected chi connectivity index (χ1v) is 7.77. The minimum atomic E-state index is -3.18. The van der Waals surface area contributed by atoms with Crippen molar-refractivity contribution in [1.82, 2.24) is 4.90 Å². The molecule has 0 aliphatic carbocycles. The van der Waals surface area contributed by atoms with Crippen LogP contribution in [0.3, 0.4) is 0 Å². The molecule has 1 fully saturated rings. The molecule has 0 spiro atoms. The lowest BCUT2D eigenvalue weighted by molar-refractivity contribution is -0.158. The fourth-order valence-electron chi connectivity index (χ4n) is 2.60. The van der Waals surface area contributed by atoms with E-state index < -0.39 is 6.11 Å². The summed E-state index contributed by atoms with van der Waals surface area (Å²) in [5, 5.41) is 0. The second-order valence-electron chi connectivity index (χ2n) is 6.12. The molecule has 0 radical (unpaired) electrons. The van der Waals surface area contributed by atoms with Gasteiger partial charge in [0.15, 0.2) is 0 Å². The lowest BCUT2D eigenvalue weighted by Gasteiger charge is -2.30. The van der Waals surface area contributed by atoms with Crippen molar-refractivity contribution >= 4 is 5.91 Å². The fourth-order valence-corrected chi connectivity index (χ4v) is 2.60. The van der Waals surface area contributed by atoms with Crippen LogP contribution in [-0.2, 0) is 11.2 Å². The van der Waals surface area contributed by atoms with E-state index in [0.717, 1.165) is 31.5 Å². The number of carbonyl (C=O) groups is 1. The molecular weight excluding hydrogens is 288 g/mol. The van der Waals surface area contributed by atoms with Crippen molar-refractivity contribution < 1.29 is 18.3 Å². The summed E-state index contributed by atoms with van der Waals surface area (Å²) in [4.78, 5) is 14.1. The zero-order chi connectivity index (χ0) is 16.2. The molecule has 3 nitrogen and oxygen atoms in total. The summed E-state index contributed by atoms with van der Waals surface area (Å²) in [6, 6.07) is 6.48.